The third kappa shape index (κ3) is 1.82. The molecule has 23 heavy (non-hydrogen) atoms. The van der Waals surface area contributed by atoms with Crippen LogP contribution in [0.5, 0.6) is 0 Å². The molecule has 4 aromatic heterocycles. The van der Waals surface area contributed by atoms with Crippen LogP contribution in [0.3, 0.4) is 0 Å². The molecule has 0 saturated carbocycles. The second kappa shape index (κ2) is 4.61. The third-order valence-corrected chi connectivity index (χ3v) is 4.06. The fourth-order valence-electron chi connectivity index (χ4n) is 2.95. The van der Waals surface area contributed by atoms with E-state index < -0.39 is 0 Å². The topological polar surface area (TPSA) is 51.8 Å². The van der Waals surface area contributed by atoms with Crippen LogP contribution in [0.15, 0.2) is 71.7 Å². The summed E-state index contributed by atoms with van der Waals surface area (Å²) in [6, 6.07) is 14.1. The highest BCUT2D eigenvalue weighted by Gasteiger charge is 2.14. The van der Waals surface area contributed by atoms with Gasteiger partial charge in [0, 0.05) is 34.7 Å². The Morgan fingerprint density at radius 2 is 1.65 bits per heavy atom. The lowest BCUT2D eigenvalue weighted by Gasteiger charge is -2.03. The molecule has 0 N–H and O–H groups in total. The van der Waals surface area contributed by atoms with E-state index in [-0.39, 0.29) is 0 Å². The van der Waals surface area contributed by atoms with Gasteiger partial charge in [-0.3, -0.25) is 15.0 Å². The Balaban J connectivity index is 1.84. The van der Waals surface area contributed by atoms with Crippen LogP contribution in [-0.2, 0) is 0 Å². The lowest BCUT2D eigenvalue weighted by Crippen LogP contribution is -1.88. The largest absolute Gasteiger partial charge is 0.452 e. The number of benzene rings is 1. The fourth-order valence-corrected chi connectivity index (χ4v) is 2.95. The van der Waals surface area contributed by atoms with Crippen LogP contribution >= 0.6 is 0 Å². The average Bonchev–Trinajstić information content (AvgIpc) is 3.00. The molecule has 0 bridgehead atoms. The lowest BCUT2D eigenvalue weighted by molar-refractivity contribution is 0.666. The van der Waals surface area contributed by atoms with E-state index in [4.69, 9.17) is 4.42 Å². The highest BCUT2D eigenvalue weighted by Crippen LogP contribution is 2.33. The normalized spacial score (nSPS) is 11.5. The maximum absolute atomic E-state index is 5.99. The zero-order chi connectivity index (χ0) is 15.2. The Morgan fingerprint density at radius 1 is 0.783 bits per heavy atom. The molecule has 0 radical (unpaired) electrons. The first-order chi connectivity index (χ1) is 11.4. The zero-order valence-electron chi connectivity index (χ0n) is 12.1. The van der Waals surface area contributed by atoms with Gasteiger partial charge in [0.05, 0.1) is 11.9 Å². The number of furan rings is 1. The summed E-state index contributed by atoms with van der Waals surface area (Å²) in [5.74, 6) is 0. The van der Waals surface area contributed by atoms with Gasteiger partial charge in [-0.15, -0.1) is 0 Å². The van der Waals surface area contributed by atoms with Gasteiger partial charge in [0.1, 0.15) is 5.69 Å². The van der Waals surface area contributed by atoms with E-state index in [1.165, 1.54) is 0 Å². The predicted molar refractivity (Wildman–Crippen MR) is 90.0 cm³/mol. The second-order valence-corrected chi connectivity index (χ2v) is 5.43. The van der Waals surface area contributed by atoms with E-state index >= 15 is 0 Å². The quantitative estimate of drug-likeness (QED) is 0.454. The van der Waals surface area contributed by atoms with Crippen molar-refractivity contribution in [1.29, 1.82) is 0 Å². The van der Waals surface area contributed by atoms with Gasteiger partial charge in [0.2, 0.25) is 0 Å². The van der Waals surface area contributed by atoms with Gasteiger partial charge < -0.3 is 4.42 Å². The number of hydrogen-bond donors (Lipinski definition) is 0. The SMILES string of the molecule is c1ccc2cc(-c3nccc4c3oc3cnccc34)ncc2c1. The Hall–Kier alpha value is -3.27. The number of aromatic nitrogens is 3. The van der Waals surface area contributed by atoms with Crippen LogP contribution in [0.2, 0.25) is 0 Å². The van der Waals surface area contributed by atoms with E-state index in [2.05, 4.69) is 21.0 Å². The number of fused-ring (bicyclic) bond motifs is 4. The van der Waals surface area contributed by atoms with Crippen molar-refractivity contribution in [3.05, 3.63) is 67.3 Å². The number of hydrogen-bond acceptors (Lipinski definition) is 4. The van der Waals surface area contributed by atoms with Crippen LogP contribution in [-0.4, -0.2) is 15.0 Å². The molecule has 0 aliphatic rings. The fraction of sp³-hybridized carbons (Fsp3) is 0. The molecular formula is C19H11N3O. The molecule has 0 aliphatic carbocycles. The number of rotatable bonds is 1. The van der Waals surface area contributed by atoms with Crippen molar-refractivity contribution in [1.82, 2.24) is 15.0 Å². The average molecular weight is 297 g/mol. The summed E-state index contributed by atoms with van der Waals surface area (Å²) in [4.78, 5) is 13.2. The molecule has 0 unspecified atom stereocenters. The maximum atomic E-state index is 5.99. The highest BCUT2D eigenvalue weighted by molar-refractivity contribution is 6.08. The molecule has 1 aromatic carbocycles. The smallest absolute Gasteiger partial charge is 0.163 e. The van der Waals surface area contributed by atoms with Gasteiger partial charge in [-0.25, -0.2) is 0 Å². The molecule has 4 nitrogen and oxygen atoms in total. The zero-order valence-corrected chi connectivity index (χ0v) is 12.1. The molecule has 108 valence electrons. The maximum Gasteiger partial charge on any atom is 0.163 e. The first kappa shape index (κ1) is 12.3. The highest BCUT2D eigenvalue weighted by atomic mass is 16.3. The molecular weight excluding hydrogens is 286 g/mol. The van der Waals surface area contributed by atoms with Crippen molar-refractivity contribution < 1.29 is 4.42 Å². The lowest BCUT2D eigenvalue weighted by atomic mass is 10.1. The van der Waals surface area contributed by atoms with Crippen LogP contribution in [0.25, 0.3) is 44.1 Å². The molecule has 5 rings (SSSR count). The van der Waals surface area contributed by atoms with Crippen molar-refractivity contribution in [2.75, 3.05) is 0 Å². The van der Waals surface area contributed by atoms with Crippen molar-refractivity contribution >= 4 is 32.7 Å². The number of pyridine rings is 3. The minimum atomic E-state index is 0.748. The minimum absolute atomic E-state index is 0.748. The minimum Gasteiger partial charge on any atom is -0.452 e. The first-order valence-electron chi connectivity index (χ1n) is 7.36. The van der Waals surface area contributed by atoms with E-state index in [1.54, 1.807) is 18.6 Å². The monoisotopic (exact) mass is 297 g/mol. The predicted octanol–water partition coefficient (Wildman–Crippen LogP) is 4.59. The molecule has 4 heterocycles. The summed E-state index contributed by atoms with van der Waals surface area (Å²) in [6.07, 6.45) is 7.16. The van der Waals surface area contributed by atoms with Crippen LogP contribution < -0.4 is 0 Å². The van der Waals surface area contributed by atoms with Crippen molar-refractivity contribution in [3.8, 4) is 11.4 Å². The van der Waals surface area contributed by atoms with Gasteiger partial charge in [-0.05, 0) is 23.6 Å². The van der Waals surface area contributed by atoms with Gasteiger partial charge in [-0.2, -0.15) is 0 Å². The van der Waals surface area contributed by atoms with Gasteiger partial charge in [0.25, 0.3) is 0 Å². The molecule has 5 aromatic rings. The molecule has 0 atom stereocenters. The number of nitrogens with zero attached hydrogens (tertiary/aromatic N) is 3. The van der Waals surface area contributed by atoms with Gasteiger partial charge >= 0.3 is 0 Å². The summed E-state index contributed by atoms with van der Waals surface area (Å²) in [6.45, 7) is 0. The second-order valence-electron chi connectivity index (χ2n) is 5.43. The van der Waals surface area contributed by atoms with Crippen LogP contribution in [0.4, 0.5) is 0 Å². The van der Waals surface area contributed by atoms with Gasteiger partial charge in [-0.1, -0.05) is 24.3 Å². The summed E-state index contributed by atoms with van der Waals surface area (Å²) < 4.78 is 5.99. The van der Waals surface area contributed by atoms with E-state index in [0.717, 1.165) is 44.1 Å². The summed E-state index contributed by atoms with van der Waals surface area (Å²) >= 11 is 0. The molecule has 0 fully saturated rings. The van der Waals surface area contributed by atoms with E-state index in [0.29, 0.717) is 0 Å². The Kier molecular flexibility index (Phi) is 2.46. The van der Waals surface area contributed by atoms with Crippen LogP contribution in [0, 0.1) is 0 Å². The third-order valence-electron chi connectivity index (χ3n) is 4.06. The Labute approximate surface area is 131 Å². The van der Waals surface area contributed by atoms with Crippen LogP contribution in [0.1, 0.15) is 0 Å². The summed E-state index contributed by atoms with van der Waals surface area (Å²) in [5, 5.41) is 4.31. The Morgan fingerprint density at radius 3 is 2.61 bits per heavy atom. The molecule has 0 amide bonds. The summed E-state index contributed by atoms with van der Waals surface area (Å²) in [7, 11) is 0. The summed E-state index contributed by atoms with van der Waals surface area (Å²) in [5.41, 5.74) is 3.07. The van der Waals surface area contributed by atoms with E-state index in [9.17, 15) is 0 Å². The van der Waals surface area contributed by atoms with Crippen molar-refractivity contribution in [2.45, 2.75) is 0 Å². The standard InChI is InChI=1S/C19H11N3O/c1-2-4-13-10-22-16(9-12(13)3-1)18-19-15(6-8-21-18)14-5-7-20-11-17(14)23-19/h1-11H. The molecule has 0 saturated heterocycles. The molecule has 0 aliphatic heterocycles. The first-order valence-corrected chi connectivity index (χ1v) is 7.36. The van der Waals surface area contributed by atoms with Crippen molar-refractivity contribution in [2.24, 2.45) is 0 Å². The van der Waals surface area contributed by atoms with E-state index in [1.807, 2.05) is 42.6 Å². The molecule has 0 spiro atoms. The Bertz CT molecular complexity index is 1180. The van der Waals surface area contributed by atoms with Crippen molar-refractivity contribution in [3.63, 3.8) is 0 Å². The molecule has 4 heteroatoms. The van der Waals surface area contributed by atoms with Gasteiger partial charge in [0.15, 0.2) is 11.2 Å².